The molecule has 1 unspecified atom stereocenters. The van der Waals surface area contributed by atoms with Gasteiger partial charge in [0.15, 0.2) is 0 Å². The molecule has 5 heteroatoms. The first-order valence-electron chi connectivity index (χ1n) is 7.35. The Morgan fingerprint density at radius 2 is 2.10 bits per heavy atom. The molecule has 0 aliphatic carbocycles. The number of benzene rings is 1. The van der Waals surface area contributed by atoms with E-state index in [4.69, 9.17) is 15.2 Å². The van der Waals surface area contributed by atoms with Crippen LogP contribution in [0.5, 0.6) is 5.75 Å². The molecule has 0 radical (unpaired) electrons. The van der Waals surface area contributed by atoms with Crippen molar-refractivity contribution in [3.8, 4) is 5.75 Å². The number of carbonyl (C=O) groups excluding carboxylic acids is 1. The van der Waals surface area contributed by atoms with Crippen LogP contribution in [-0.4, -0.2) is 25.7 Å². The lowest BCUT2D eigenvalue weighted by molar-refractivity contribution is -0.141. The number of ether oxygens (including phenoxy) is 2. The molecule has 1 atom stereocenters. The predicted molar refractivity (Wildman–Crippen MR) is 85.5 cm³/mol. The molecule has 0 aliphatic rings. The number of anilines is 2. The predicted octanol–water partition coefficient (Wildman–Crippen LogP) is 3.06. The van der Waals surface area contributed by atoms with Gasteiger partial charge in [-0.1, -0.05) is 26.8 Å². The van der Waals surface area contributed by atoms with Gasteiger partial charge >= 0.3 is 5.97 Å². The second-order valence-electron chi connectivity index (χ2n) is 5.42. The molecule has 118 valence electrons. The monoisotopic (exact) mass is 294 g/mol. The Balaban J connectivity index is 2.90. The largest absolute Gasteiger partial charge is 0.491 e. The molecule has 0 aromatic heterocycles. The first-order chi connectivity index (χ1) is 9.99. The summed E-state index contributed by atoms with van der Waals surface area (Å²) in [6, 6.07) is 5.10. The van der Waals surface area contributed by atoms with Crippen LogP contribution in [0.15, 0.2) is 18.2 Å². The third kappa shape index (κ3) is 5.17. The molecule has 5 nitrogen and oxygen atoms in total. The molecular formula is C16H26N2O3. The van der Waals surface area contributed by atoms with Gasteiger partial charge in [-0.15, -0.1) is 0 Å². The summed E-state index contributed by atoms with van der Waals surface area (Å²) in [6.07, 6.45) is 1.58. The quantitative estimate of drug-likeness (QED) is 0.569. The molecule has 0 bridgehead atoms. The van der Waals surface area contributed by atoms with Crippen molar-refractivity contribution in [1.82, 2.24) is 0 Å². The number of nitrogen functional groups attached to an aromatic ring is 1. The third-order valence-corrected chi connectivity index (χ3v) is 3.05. The van der Waals surface area contributed by atoms with Crippen LogP contribution in [0.25, 0.3) is 0 Å². The highest BCUT2D eigenvalue weighted by Crippen LogP contribution is 2.30. The molecule has 0 fully saturated rings. The third-order valence-electron chi connectivity index (χ3n) is 3.05. The summed E-state index contributed by atoms with van der Waals surface area (Å²) in [6.45, 7) is 6.76. The number of methoxy groups -OCH3 is 1. The van der Waals surface area contributed by atoms with Crippen molar-refractivity contribution in [2.75, 3.05) is 24.8 Å². The van der Waals surface area contributed by atoms with Crippen molar-refractivity contribution in [3.63, 3.8) is 0 Å². The van der Waals surface area contributed by atoms with E-state index in [2.05, 4.69) is 19.2 Å². The van der Waals surface area contributed by atoms with E-state index in [0.717, 1.165) is 6.42 Å². The van der Waals surface area contributed by atoms with Crippen molar-refractivity contribution < 1.29 is 14.3 Å². The molecule has 0 saturated carbocycles. The lowest BCUT2D eigenvalue weighted by Crippen LogP contribution is -2.32. The molecule has 3 N–H and O–H groups in total. The SMILES string of the molecule is CCCOc1cccc(NC(CC(C)C)C(=O)OC)c1N. The molecule has 21 heavy (non-hydrogen) atoms. The normalized spacial score (nSPS) is 12.0. The van der Waals surface area contributed by atoms with E-state index >= 15 is 0 Å². The fraction of sp³-hybridized carbons (Fsp3) is 0.562. The molecule has 0 amide bonds. The van der Waals surface area contributed by atoms with Gasteiger partial charge in [0.05, 0.1) is 25.1 Å². The minimum absolute atomic E-state index is 0.289. The van der Waals surface area contributed by atoms with E-state index in [0.29, 0.717) is 36.1 Å². The van der Waals surface area contributed by atoms with Gasteiger partial charge in [0.25, 0.3) is 0 Å². The number of para-hydroxylation sites is 1. The van der Waals surface area contributed by atoms with Crippen molar-refractivity contribution in [2.45, 2.75) is 39.7 Å². The van der Waals surface area contributed by atoms with Crippen LogP contribution in [-0.2, 0) is 9.53 Å². The van der Waals surface area contributed by atoms with Gasteiger partial charge in [-0.3, -0.25) is 0 Å². The Hall–Kier alpha value is -1.91. The van der Waals surface area contributed by atoms with Gasteiger partial charge < -0.3 is 20.5 Å². The second kappa shape index (κ2) is 8.39. The highest BCUT2D eigenvalue weighted by molar-refractivity contribution is 5.82. The zero-order valence-electron chi connectivity index (χ0n) is 13.3. The van der Waals surface area contributed by atoms with Crippen molar-refractivity contribution in [1.29, 1.82) is 0 Å². The second-order valence-corrected chi connectivity index (χ2v) is 5.42. The van der Waals surface area contributed by atoms with E-state index in [1.165, 1.54) is 7.11 Å². The van der Waals surface area contributed by atoms with E-state index in [1.54, 1.807) is 0 Å². The number of hydrogen-bond acceptors (Lipinski definition) is 5. The summed E-state index contributed by atoms with van der Waals surface area (Å²) in [5.74, 6) is 0.709. The number of esters is 1. The van der Waals surface area contributed by atoms with Crippen molar-refractivity contribution >= 4 is 17.3 Å². The van der Waals surface area contributed by atoms with Crippen LogP contribution in [0.1, 0.15) is 33.6 Å². The van der Waals surface area contributed by atoms with Gasteiger partial charge in [0, 0.05) is 0 Å². The fourth-order valence-electron chi connectivity index (χ4n) is 2.02. The van der Waals surface area contributed by atoms with E-state index < -0.39 is 6.04 Å². The molecule has 1 aromatic rings. The summed E-state index contributed by atoms with van der Waals surface area (Å²) in [5, 5.41) is 3.17. The van der Waals surface area contributed by atoms with E-state index in [9.17, 15) is 4.79 Å². The smallest absolute Gasteiger partial charge is 0.328 e. The highest BCUT2D eigenvalue weighted by Gasteiger charge is 2.21. The Kier molecular flexibility index (Phi) is 6.85. The Bertz CT molecular complexity index is 461. The average Bonchev–Trinajstić information content (AvgIpc) is 2.46. The topological polar surface area (TPSA) is 73.6 Å². The minimum Gasteiger partial charge on any atom is -0.491 e. The lowest BCUT2D eigenvalue weighted by Gasteiger charge is -2.21. The van der Waals surface area contributed by atoms with Crippen molar-refractivity contribution in [2.24, 2.45) is 5.92 Å². The van der Waals surface area contributed by atoms with Gasteiger partial charge in [-0.2, -0.15) is 0 Å². The summed E-state index contributed by atoms with van der Waals surface area (Å²) in [7, 11) is 1.39. The summed E-state index contributed by atoms with van der Waals surface area (Å²) < 4.78 is 10.4. The molecule has 0 heterocycles. The van der Waals surface area contributed by atoms with Gasteiger partial charge in [-0.25, -0.2) is 4.79 Å². The highest BCUT2D eigenvalue weighted by atomic mass is 16.5. The Morgan fingerprint density at radius 3 is 2.67 bits per heavy atom. The lowest BCUT2D eigenvalue weighted by atomic mass is 10.0. The van der Waals surface area contributed by atoms with Crippen LogP contribution in [0, 0.1) is 5.92 Å². The summed E-state index contributed by atoms with van der Waals surface area (Å²) in [4.78, 5) is 11.9. The number of hydrogen-bond donors (Lipinski definition) is 2. The van der Waals surface area contributed by atoms with E-state index in [-0.39, 0.29) is 5.97 Å². The van der Waals surface area contributed by atoms with Gasteiger partial charge in [-0.05, 0) is 30.9 Å². The molecule has 1 aromatic carbocycles. The van der Waals surface area contributed by atoms with Crippen molar-refractivity contribution in [3.05, 3.63) is 18.2 Å². The zero-order valence-corrected chi connectivity index (χ0v) is 13.3. The van der Waals surface area contributed by atoms with Gasteiger partial charge in [0.1, 0.15) is 11.8 Å². The maximum Gasteiger partial charge on any atom is 0.328 e. The molecular weight excluding hydrogens is 268 g/mol. The Labute approximate surface area is 126 Å². The fourth-order valence-corrected chi connectivity index (χ4v) is 2.02. The molecule has 1 rings (SSSR count). The van der Waals surface area contributed by atoms with Crippen LogP contribution in [0.3, 0.4) is 0 Å². The average molecular weight is 294 g/mol. The maximum absolute atomic E-state index is 11.9. The first kappa shape index (κ1) is 17.1. The van der Waals surface area contributed by atoms with E-state index in [1.807, 2.05) is 25.1 Å². The Morgan fingerprint density at radius 1 is 1.38 bits per heavy atom. The van der Waals surface area contributed by atoms with Crippen LogP contribution < -0.4 is 15.8 Å². The zero-order chi connectivity index (χ0) is 15.8. The van der Waals surface area contributed by atoms with Gasteiger partial charge in [0.2, 0.25) is 0 Å². The summed E-state index contributed by atoms with van der Waals surface area (Å²) in [5.41, 5.74) is 7.32. The van der Waals surface area contributed by atoms with Crippen LogP contribution in [0.2, 0.25) is 0 Å². The number of rotatable bonds is 8. The molecule has 0 aliphatic heterocycles. The number of carbonyl (C=O) groups is 1. The number of nitrogens with two attached hydrogens (primary N) is 1. The molecule has 0 spiro atoms. The summed E-state index contributed by atoms with van der Waals surface area (Å²) >= 11 is 0. The van der Waals surface area contributed by atoms with Crippen LogP contribution in [0.4, 0.5) is 11.4 Å². The standard InChI is InChI=1S/C16H26N2O3/c1-5-9-21-14-8-6-7-12(15(14)17)18-13(10-11(2)3)16(19)20-4/h6-8,11,13,18H,5,9-10,17H2,1-4H3. The maximum atomic E-state index is 11.9. The minimum atomic E-state index is -0.418. The first-order valence-corrected chi connectivity index (χ1v) is 7.35. The van der Waals surface area contributed by atoms with Crippen LogP contribution >= 0.6 is 0 Å². The number of nitrogens with one attached hydrogen (secondary N) is 1. The molecule has 0 saturated heterocycles.